The van der Waals surface area contributed by atoms with E-state index >= 15 is 0 Å². The summed E-state index contributed by atoms with van der Waals surface area (Å²) in [6, 6.07) is 9.73. The van der Waals surface area contributed by atoms with E-state index in [-0.39, 0.29) is 11.8 Å². The molecule has 5 nitrogen and oxygen atoms in total. The normalized spacial score (nSPS) is 10.8. The zero-order chi connectivity index (χ0) is 18.8. The van der Waals surface area contributed by atoms with Crippen LogP contribution in [0.5, 0.6) is 0 Å². The van der Waals surface area contributed by atoms with Crippen molar-refractivity contribution in [2.75, 3.05) is 13.1 Å². The van der Waals surface area contributed by atoms with Crippen molar-refractivity contribution in [3.63, 3.8) is 0 Å². The van der Waals surface area contributed by atoms with Gasteiger partial charge in [-0.1, -0.05) is 44.2 Å². The van der Waals surface area contributed by atoms with Gasteiger partial charge in [-0.25, -0.2) is 4.98 Å². The molecular formula is C20H25N3O2S. The highest BCUT2D eigenvalue weighted by Crippen LogP contribution is 2.14. The smallest absolute Gasteiger partial charge is 0.270 e. The van der Waals surface area contributed by atoms with E-state index in [9.17, 15) is 9.59 Å². The summed E-state index contributed by atoms with van der Waals surface area (Å²) in [5.74, 6) is -0.213. The standard InChI is InChI=1S/C20H25N3O2S/c1-3-12-21-20(25)17-15-26-18(22-17)14-23(13-4-2)19(24)11-10-16-8-6-5-7-9-16/h5-11,15H,3-4,12-14H2,1-2H3,(H,21,25). The Morgan fingerprint density at radius 3 is 2.65 bits per heavy atom. The van der Waals surface area contributed by atoms with Crippen molar-refractivity contribution in [2.24, 2.45) is 0 Å². The van der Waals surface area contributed by atoms with Crippen molar-refractivity contribution in [2.45, 2.75) is 33.2 Å². The van der Waals surface area contributed by atoms with E-state index in [4.69, 9.17) is 0 Å². The van der Waals surface area contributed by atoms with Gasteiger partial charge in [-0.3, -0.25) is 9.59 Å². The summed E-state index contributed by atoms with van der Waals surface area (Å²) in [5.41, 5.74) is 1.41. The van der Waals surface area contributed by atoms with Gasteiger partial charge in [0.15, 0.2) is 0 Å². The summed E-state index contributed by atoms with van der Waals surface area (Å²) in [4.78, 5) is 30.6. The van der Waals surface area contributed by atoms with Crippen LogP contribution < -0.4 is 5.32 Å². The monoisotopic (exact) mass is 371 g/mol. The molecule has 0 fully saturated rings. The molecule has 6 heteroatoms. The molecule has 1 N–H and O–H groups in total. The minimum Gasteiger partial charge on any atom is -0.351 e. The lowest BCUT2D eigenvalue weighted by molar-refractivity contribution is -0.126. The number of hydrogen-bond donors (Lipinski definition) is 1. The maximum absolute atomic E-state index is 12.5. The average molecular weight is 372 g/mol. The van der Waals surface area contributed by atoms with Gasteiger partial charge in [-0.2, -0.15) is 0 Å². The molecule has 2 rings (SSSR count). The Labute approximate surface area is 158 Å². The summed E-state index contributed by atoms with van der Waals surface area (Å²) in [6.45, 7) is 5.74. The van der Waals surface area contributed by atoms with E-state index in [1.807, 2.05) is 50.3 Å². The molecule has 26 heavy (non-hydrogen) atoms. The largest absolute Gasteiger partial charge is 0.351 e. The molecule has 138 valence electrons. The Morgan fingerprint density at radius 2 is 1.96 bits per heavy atom. The lowest BCUT2D eigenvalue weighted by Crippen LogP contribution is -2.30. The number of nitrogens with one attached hydrogen (secondary N) is 1. The van der Waals surface area contributed by atoms with Gasteiger partial charge in [0.05, 0.1) is 6.54 Å². The third kappa shape index (κ3) is 6.11. The van der Waals surface area contributed by atoms with Crippen LogP contribution in [-0.4, -0.2) is 34.8 Å². The number of nitrogens with zero attached hydrogens (tertiary/aromatic N) is 2. The summed E-state index contributed by atoms with van der Waals surface area (Å²) in [7, 11) is 0. The fourth-order valence-electron chi connectivity index (χ4n) is 2.35. The first-order valence-electron chi connectivity index (χ1n) is 8.88. The van der Waals surface area contributed by atoms with Gasteiger partial charge in [0.1, 0.15) is 10.7 Å². The van der Waals surface area contributed by atoms with Gasteiger partial charge >= 0.3 is 0 Å². The van der Waals surface area contributed by atoms with E-state index in [1.54, 1.807) is 16.4 Å². The van der Waals surface area contributed by atoms with Crippen LogP contribution in [0.2, 0.25) is 0 Å². The fraction of sp³-hybridized carbons (Fsp3) is 0.350. The molecule has 0 radical (unpaired) electrons. The lowest BCUT2D eigenvalue weighted by atomic mass is 10.2. The zero-order valence-corrected chi connectivity index (χ0v) is 16.1. The molecule has 2 amide bonds. The third-order valence-electron chi connectivity index (χ3n) is 3.67. The average Bonchev–Trinajstić information content (AvgIpc) is 3.13. The van der Waals surface area contributed by atoms with Crippen molar-refractivity contribution in [3.05, 3.63) is 58.1 Å². The number of rotatable bonds is 9. The molecule has 1 aromatic carbocycles. The molecule has 0 aliphatic rings. The predicted molar refractivity (Wildman–Crippen MR) is 106 cm³/mol. The van der Waals surface area contributed by atoms with E-state index in [2.05, 4.69) is 10.3 Å². The highest BCUT2D eigenvalue weighted by molar-refractivity contribution is 7.09. The molecule has 0 aliphatic carbocycles. The minimum absolute atomic E-state index is 0.0529. The highest BCUT2D eigenvalue weighted by atomic mass is 32.1. The predicted octanol–water partition coefficient (Wildman–Crippen LogP) is 3.73. The lowest BCUT2D eigenvalue weighted by Gasteiger charge is -2.19. The molecule has 0 saturated carbocycles. The Bertz CT molecular complexity index is 741. The van der Waals surface area contributed by atoms with Crippen LogP contribution in [0, 0.1) is 0 Å². The molecule has 1 heterocycles. The van der Waals surface area contributed by atoms with Crippen LogP contribution in [0.1, 0.15) is 47.7 Å². The van der Waals surface area contributed by atoms with E-state index in [0.29, 0.717) is 25.3 Å². The molecule has 0 spiro atoms. The van der Waals surface area contributed by atoms with Crippen LogP contribution in [-0.2, 0) is 11.3 Å². The quantitative estimate of drug-likeness (QED) is 0.683. The summed E-state index contributed by atoms with van der Waals surface area (Å²) < 4.78 is 0. The minimum atomic E-state index is -0.160. The second-order valence-electron chi connectivity index (χ2n) is 5.89. The molecule has 0 bridgehead atoms. The summed E-state index contributed by atoms with van der Waals surface area (Å²) in [5, 5.41) is 5.33. The maximum Gasteiger partial charge on any atom is 0.270 e. The Balaban J connectivity index is 2.01. The highest BCUT2D eigenvalue weighted by Gasteiger charge is 2.15. The number of amides is 2. The molecular weight excluding hydrogens is 346 g/mol. The van der Waals surface area contributed by atoms with Crippen LogP contribution >= 0.6 is 11.3 Å². The van der Waals surface area contributed by atoms with Gasteiger partial charge < -0.3 is 10.2 Å². The first-order chi connectivity index (χ1) is 12.6. The number of benzene rings is 1. The summed E-state index contributed by atoms with van der Waals surface area (Å²) in [6.07, 6.45) is 5.15. The van der Waals surface area contributed by atoms with Gasteiger partial charge in [0, 0.05) is 24.5 Å². The van der Waals surface area contributed by atoms with Gasteiger partial charge in [0.2, 0.25) is 5.91 Å². The van der Waals surface area contributed by atoms with E-state index in [0.717, 1.165) is 23.4 Å². The zero-order valence-electron chi connectivity index (χ0n) is 15.3. The van der Waals surface area contributed by atoms with Crippen molar-refractivity contribution in [3.8, 4) is 0 Å². The van der Waals surface area contributed by atoms with Gasteiger partial charge in [0.25, 0.3) is 5.91 Å². The molecule has 0 aliphatic heterocycles. The number of carbonyl (C=O) groups excluding carboxylic acids is 2. The van der Waals surface area contributed by atoms with Gasteiger partial charge in [-0.05, 0) is 24.5 Å². The number of thiazole rings is 1. The second kappa shape index (κ2) is 10.5. The topological polar surface area (TPSA) is 62.3 Å². The van der Waals surface area contributed by atoms with Crippen LogP contribution in [0.15, 0.2) is 41.8 Å². The SMILES string of the molecule is CCCNC(=O)c1csc(CN(CCC)C(=O)C=Cc2ccccc2)n1. The Hall–Kier alpha value is -2.47. The molecule has 2 aromatic rings. The van der Waals surface area contributed by atoms with Crippen LogP contribution in [0.3, 0.4) is 0 Å². The van der Waals surface area contributed by atoms with Crippen molar-refractivity contribution in [1.29, 1.82) is 0 Å². The maximum atomic E-state index is 12.5. The summed E-state index contributed by atoms with van der Waals surface area (Å²) >= 11 is 1.41. The number of hydrogen-bond acceptors (Lipinski definition) is 4. The van der Waals surface area contributed by atoms with Crippen molar-refractivity contribution >= 4 is 29.2 Å². The molecule has 0 saturated heterocycles. The second-order valence-corrected chi connectivity index (χ2v) is 6.83. The number of aromatic nitrogens is 1. The number of carbonyl (C=O) groups is 2. The molecule has 0 atom stereocenters. The van der Waals surface area contributed by atoms with Gasteiger partial charge in [-0.15, -0.1) is 11.3 Å². The molecule has 0 unspecified atom stereocenters. The Kier molecular flexibility index (Phi) is 8.02. The third-order valence-corrected chi connectivity index (χ3v) is 4.50. The van der Waals surface area contributed by atoms with Crippen molar-refractivity contribution in [1.82, 2.24) is 15.2 Å². The first kappa shape index (κ1) is 19.8. The van der Waals surface area contributed by atoms with Crippen LogP contribution in [0.25, 0.3) is 6.08 Å². The van der Waals surface area contributed by atoms with E-state index < -0.39 is 0 Å². The van der Waals surface area contributed by atoms with Crippen LogP contribution in [0.4, 0.5) is 0 Å². The fourth-order valence-corrected chi connectivity index (χ4v) is 3.14. The first-order valence-corrected chi connectivity index (χ1v) is 9.76. The molecule has 1 aromatic heterocycles. The van der Waals surface area contributed by atoms with Crippen molar-refractivity contribution < 1.29 is 9.59 Å². The Morgan fingerprint density at radius 1 is 1.19 bits per heavy atom. The van der Waals surface area contributed by atoms with E-state index in [1.165, 1.54) is 11.3 Å².